The van der Waals surface area contributed by atoms with Gasteiger partial charge in [-0.1, -0.05) is 0 Å². The highest BCUT2D eigenvalue weighted by Gasteiger charge is 2.20. The largest absolute Gasteiger partial charge is 0.466 e. The van der Waals surface area contributed by atoms with E-state index in [-0.39, 0.29) is 24.3 Å². The SMILES string of the molecule is CCOC(=O)Cc1c(I)cc(C)nc1C(F)F. The summed E-state index contributed by atoms with van der Waals surface area (Å²) in [5.41, 5.74) is 0.435. The molecule has 0 bridgehead atoms. The Kier molecular flexibility index (Phi) is 5.23. The van der Waals surface area contributed by atoms with Gasteiger partial charge < -0.3 is 4.74 Å². The fraction of sp³-hybridized carbons (Fsp3) is 0.455. The lowest BCUT2D eigenvalue weighted by Gasteiger charge is -2.11. The lowest BCUT2D eigenvalue weighted by Crippen LogP contribution is -2.12. The molecule has 17 heavy (non-hydrogen) atoms. The van der Waals surface area contributed by atoms with E-state index < -0.39 is 12.4 Å². The van der Waals surface area contributed by atoms with Gasteiger partial charge in [-0.15, -0.1) is 0 Å². The van der Waals surface area contributed by atoms with Gasteiger partial charge in [-0.05, 0) is 42.5 Å². The van der Waals surface area contributed by atoms with Crippen molar-refractivity contribution in [2.24, 2.45) is 0 Å². The summed E-state index contributed by atoms with van der Waals surface area (Å²) in [5.74, 6) is -0.516. The first-order valence-corrected chi connectivity index (χ1v) is 6.13. The van der Waals surface area contributed by atoms with Crippen LogP contribution < -0.4 is 0 Å². The third-order valence-corrected chi connectivity index (χ3v) is 3.03. The smallest absolute Gasteiger partial charge is 0.310 e. The average Bonchev–Trinajstić information content (AvgIpc) is 2.21. The molecule has 0 spiro atoms. The van der Waals surface area contributed by atoms with Crippen molar-refractivity contribution in [1.29, 1.82) is 0 Å². The molecule has 94 valence electrons. The van der Waals surface area contributed by atoms with E-state index in [4.69, 9.17) is 4.74 Å². The molecule has 0 unspecified atom stereocenters. The van der Waals surface area contributed by atoms with Crippen molar-refractivity contribution in [2.75, 3.05) is 6.61 Å². The van der Waals surface area contributed by atoms with Crippen LogP contribution in [0.15, 0.2) is 6.07 Å². The van der Waals surface area contributed by atoms with E-state index in [1.54, 1.807) is 19.9 Å². The van der Waals surface area contributed by atoms with Gasteiger partial charge in [0.05, 0.1) is 13.0 Å². The first kappa shape index (κ1) is 14.3. The van der Waals surface area contributed by atoms with Crippen LogP contribution in [0.5, 0.6) is 0 Å². The predicted octanol–water partition coefficient (Wildman–Crippen LogP) is 3.04. The van der Waals surface area contributed by atoms with Crippen LogP contribution in [0.25, 0.3) is 0 Å². The second-order valence-electron chi connectivity index (χ2n) is 3.39. The zero-order valence-corrected chi connectivity index (χ0v) is 11.6. The van der Waals surface area contributed by atoms with Crippen molar-refractivity contribution < 1.29 is 18.3 Å². The maximum Gasteiger partial charge on any atom is 0.310 e. The van der Waals surface area contributed by atoms with Crippen LogP contribution >= 0.6 is 22.6 Å². The van der Waals surface area contributed by atoms with Gasteiger partial charge in [-0.25, -0.2) is 8.78 Å². The van der Waals surface area contributed by atoms with Gasteiger partial charge in [0.1, 0.15) is 5.69 Å². The first-order chi connectivity index (χ1) is 7.95. The van der Waals surface area contributed by atoms with Crippen LogP contribution in [0, 0.1) is 10.5 Å². The molecule has 0 aliphatic carbocycles. The molecule has 1 heterocycles. The van der Waals surface area contributed by atoms with Crippen molar-refractivity contribution in [3.05, 3.63) is 26.6 Å². The standard InChI is InChI=1S/C11H12F2INO2/c1-3-17-9(16)5-7-8(14)4-6(2)15-10(7)11(12)13/h4,11H,3,5H2,1-2H3. The Morgan fingerprint density at radius 2 is 2.24 bits per heavy atom. The minimum absolute atomic E-state index is 0.168. The maximum absolute atomic E-state index is 12.8. The zero-order valence-electron chi connectivity index (χ0n) is 9.47. The minimum Gasteiger partial charge on any atom is -0.466 e. The molecule has 0 N–H and O–H groups in total. The van der Waals surface area contributed by atoms with E-state index in [1.807, 2.05) is 22.6 Å². The Morgan fingerprint density at radius 3 is 2.76 bits per heavy atom. The number of halogens is 3. The summed E-state index contributed by atoms with van der Waals surface area (Å²) >= 11 is 1.93. The molecular formula is C11H12F2INO2. The van der Waals surface area contributed by atoms with Crippen molar-refractivity contribution in [3.63, 3.8) is 0 Å². The Bertz CT molecular complexity index is 424. The maximum atomic E-state index is 12.8. The number of pyridine rings is 1. The monoisotopic (exact) mass is 355 g/mol. The molecule has 0 atom stereocenters. The summed E-state index contributed by atoms with van der Waals surface area (Å²) in [6.45, 7) is 3.55. The van der Waals surface area contributed by atoms with Crippen LogP contribution in [0.2, 0.25) is 0 Å². The first-order valence-electron chi connectivity index (χ1n) is 5.05. The number of hydrogen-bond acceptors (Lipinski definition) is 3. The topological polar surface area (TPSA) is 39.2 Å². The number of rotatable bonds is 4. The molecule has 0 amide bonds. The van der Waals surface area contributed by atoms with E-state index in [0.717, 1.165) is 0 Å². The predicted molar refractivity (Wildman–Crippen MR) is 67.0 cm³/mol. The molecule has 0 saturated carbocycles. The Hall–Kier alpha value is -0.790. The van der Waals surface area contributed by atoms with Crippen molar-refractivity contribution in [1.82, 2.24) is 4.98 Å². The Balaban J connectivity index is 3.08. The quantitative estimate of drug-likeness (QED) is 0.616. The summed E-state index contributed by atoms with van der Waals surface area (Å²) in [6.07, 6.45) is -2.85. The molecule has 1 rings (SSSR count). The summed E-state index contributed by atoms with van der Waals surface area (Å²) in [6, 6.07) is 1.67. The summed E-state index contributed by atoms with van der Waals surface area (Å²) in [4.78, 5) is 15.1. The fourth-order valence-corrected chi connectivity index (χ4v) is 2.31. The molecule has 0 radical (unpaired) electrons. The van der Waals surface area contributed by atoms with Crippen LogP contribution in [-0.2, 0) is 16.0 Å². The molecule has 0 aromatic carbocycles. The number of carbonyl (C=O) groups is 1. The summed E-state index contributed by atoms with van der Waals surface area (Å²) in [5, 5.41) is 0. The van der Waals surface area contributed by atoms with E-state index in [9.17, 15) is 13.6 Å². The molecule has 0 aliphatic rings. The van der Waals surface area contributed by atoms with Crippen molar-refractivity contribution in [3.8, 4) is 0 Å². The van der Waals surface area contributed by atoms with E-state index >= 15 is 0 Å². The van der Waals surface area contributed by atoms with Crippen molar-refractivity contribution in [2.45, 2.75) is 26.7 Å². The molecular weight excluding hydrogens is 343 g/mol. The third kappa shape index (κ3) is 3.86. The summed E-state index contributed by atoms with van der Waals surface area (Å²) in [7, 11) is 0. The number of alkyl halides is 2. The highest BCUT2D eigenvalue weighted by Crippen LogP contribution is 2.26. The molecule has 3 nitrogen and oxygen atoms in total. The molecule has 6 heteroatoms. The number of esters is 1. The third-order valence-electron chi connectivity index (χ3n) is 2.06. The zero-order chi connectivity index (χ0) is 13.0. The second kappa shape index (κ2) is 6.23. The fourth-order valence-electron chi connectivity index (χ4n) is 1.39. The molecule has 0 fully saturated rings. The van der Waals surface area contributed by atoms with E-state index in [2.05, 4.69) is 4.98 Å². The van der Waals surface area contributed by atoms with Crippen LogP contribution in [0.1, 0.15) is 30.3 Å². The number of nitrogens with zero attached hydrogens (tertiary/aromatic N) is 1. The highest BCUT2D eigenvalue weighted by atomic mass is 127. The van der Waals surface area contributed by atoms with Gasteiger partial charge in [0.25, 0.3) is 6.43 Å². The number of ether oxygens (including phenoxy) is 1. The lowest BCUT2D eigenvalue weighted by molar-refractivity contribution is -0.142. The molecule has 0 aliphatic heterocycles. The molecule has 1 aromatic heterocycles. The van der Waals surface area contributed by atoms with Gasteiger partial charge in [0, 0.05) is 14.8 Å². The van der Waals surface area contributed by atoms with Gasteiger partial charge in [-0.2, -0.15) is 0 Å². The van der Waals surface area contributed by atoms with Crippen LogP contribution in [-0.4, -0.2) is 17.6 Å². The number of hydrogen-bond donors (Lipinski definition) is 0. The van der Waals surface area contributed by atoms with Gasteiger partial charge >= 0.3 is 5.97 Å². The molecule has 0 saturated heterocycles. The van der Waals surface area contributed by atoms with E-state index in [0.29, 0.717) is 9.26 Å². The van der Waals surface area contributed by atoms with Crippen LogP contribution in [0.4, 0.5) is 8.78 Å². The Morgan fingerprint density at radius 1 is 1.59 bits per heavy atom. The highest BCUT2D eigenvalue weighted by molar-refractivity contribution is 14.1. The average molecular weight is 355 g/mol. The number of aryl methyl sites for hydroxylation is 1. The van der Waals surface area contributed by atoms with Gasteiger partial charge in [-0.3, -0.25) is 9.78 Å². The van der Waals surface area contributed by atoms with Gasteiger partial charge in [0.15, 0.2) is 0 Å². The number of carbonyl (C=O) groups excluding carboxylic acids is 1. The van der Waals surface area contributed by atoms with Gasteiger partial charge in [0.2, 0.25) is 0 Å². The Labute approximate surface area is 112 Å². The van der Waals surface area contributed by atoms with Crippen LogP contribution in [0.3, 0.4) is 0 Å². The van der Waals surface area contributed by atoms with Crippen molar-refractivity contribution >= 4 is 28.6 Å². The normalized spacial score (nSPS) is 10.7. The van der Waals surface area contributed by atoms with E-state index in [1.165, 1.54) is 0 Å². The number of aromatic nitrogens is 1. The minimum atomic E-state index is -2.69. The second-order valence-corrected chi connectivity index (χ2v) is 4.55. The lowest BCUT2D eigenvalue weighted by atomic mass is 10.1. The summed E-state index contributed by atoms with van der Waals surface area (Å²) < 4.78 is 31.0. The molecule has 1 aromatic rings.